The molecule has 0 fully saturated rings. The molecule has 0 amide bonds. The van der Waals surface area contributed by atoms with E-state index < -0.39 is 12.6 Å². The summed E-state index contributed by atoms with van der Waals surface area (Å²) in [5, 5.41) is 0.543. The van der Waals surface area contributed by atoms with Gasteiger partial charge in [-0.25, -0.2) is 0 Å². The predicted molar refractivity (Wildman–Crippen MR) is 44.8 cm³/mol. The van der Waals surface area contributed by atoms with Crippen molar-refractivity contribution in [2.24, 2.45) is 0 Å². The molecule has 0 bridgehead atoms. The number of furan rings is 1. The first-order valence-electron chi connectivity index (χ1n) is 3.73. The van der Waals surface area contributed by atoms with Crippen LogP contribution in [0.25, 0.3) is 0 Å². The van der Waals surface area contributed by atoms with Gasteiger partial charge in [0.25, 0.3) is 0 Å². The molecule has 1 rings (SSSR count). The van der Waals surface area contributed by atoms with Crippen LogP contribution in [0.2, 0.25) is 0 Å². The molecule has 0 aliphatic heterocycles. The Morgan fingerprint density at radius 2 is 2.08 bits per heavy atom. The third kappa shape index (κ3) is 4.26. The summed E-state index contributed by atoms with van der Waals surface area (Å²) in [6.07, 6.45) is -4.86. The number of halogens is 3. The van der Waals surface area contributed by atoms with E-state index in [9.17, 15) is 13.2 Å². The molecule has 1 nitrogen and oxygen atoms in total. The summed E-state index contributed by atoms with van der Waals surface area (Å²) in [7, 11) is 0. The highest BCUT2D eigenvalue weighted by Gasteiger charge is 2.26. The van der Waals surface area contributed by atoms with Gasteiger partial charge in [0.2, 0.25) is 0 Å². The lowest BCUT2D eigenvalue weighted by Crippen LogP contribution is -2.07. The molecule has 0 aliphatic rings. The van der Waals surface area contributed by atoms with Crippen LogP contribution in [0.4, 0.5) is 13.2 Å². The molecule has 1 aromatic rings. The number of rotatable bonds is 3. The Morgan fingerprint density at radius 3 is 2.54 bits per heavy atom. The highest BCUT2D eigenvalue weighted by Crippen LogP contribution is 2.26. The first-order valence-corrected chi connectivity index (χ1v) is 4.72. The van der Waals surface area contributed by atoms with Gasteiger partial charge in [0.1, 0.15) is 5.76 Å². The largest absolute Gasteiger partial charge is 0.455 e. The van der Waals surface area contributed by atoms with Gasteiger partial charge in [-0.05, 0) is 19.1 Å². The van der Waals surface area contributed by atoms with Crippen LogP contribution in [0.1, 0.15) is 12.2 Å². The zero-order valence-corrected chi connectivity index (χ0v) is 7.84. The van der Waals surface area contributed by atoms with Crippen LogP contribution >= 0.6 is 11.8 Å². The molecule has 0 N–H and O–H groups in total. The molecule has 0 radical (unpaired) electrons. The van der Waals surface area contributed by atoms with Crippen molar-refractivity contribution in [1.29, 1.82) is 0 Å². The minimum absolute atomic E-state index is 0.0104. The molecule has 13 heavy (non-hydrogen) atoms. The lowest BCUT2D eigenvalue weighted by molar-refractivity contribution is -0.129. The van der Waals surface area contributed by atoms with E-state index in [0.29, 0.717) is 5.09 Å². The second kappa shape index (κ2) is 4.09. The number of hydrogen-bond acceptors (Lipinski definition) is 2. The summed E-state index contributed by atoms with van der Waals surface area (Å²) in [5.74, 6) is 0.728. The second-order valence-electron chi connectivity index (χ2n) is 2.58. The van der Waals surface area contributed by atoms with E-state index in [2.05, 4.69) is 0 Å². The average molecular weight is 210 g/mol. The molecule has 0 unspecified atom stereocenters. The fourth-order valence-electron chi connectivity index (χ4n) is 0.757. The van der Waals surface area contributed by atoms with Gasteiger partial charge in [-0.2, -0.15) is 13.2 Å². The standard InChI is InChI=1S/C8H9F3OS/c1-6-2-3-7(12-6)13-5-4-8(9,10)11/h2-3H,4-5H2,1H3. The van der Waals surface area contributed by atoms with Gasteiger partial charge in [0, 0.05) is 5.75 Å². The zero-order valence-electron chi connectivity index (χ0n) is 7.02. The highest BCUT2D eigenvalue weighted by atomic mass is 32.2. The van der Waals surface area contributed by atoms with E-state index in [0.717, 1.165) is 17.5 Å². The molecule has 0 aromatic carbocycles. The fraction of sp³-hybridized carbons (Fsp3) is 0.500. The number of alkyl halides is 3. The highest BCUT2D eigenvalue weighted by molar-refractivity contribution is 7.99. The fourth-order valence-corrected chi connectivity index (χ4v) is 1.65. The van der Waals surface area contributed by atoms with E-state index in [4.69, 9.17) is 4.42 Å². The van der Waals surface area contributed by atoms with E-state index in [1.165, 1.54) is 0 Å². The minimum Gasteiger partial charge on any atom is -0.455 e. The quantitative estimate of drug-likeness (QED) is 0.706. The zero-order chi connectivity index (χ0) is 9.90. The Bertz CT molecular complexity index is 267. The van der Waals surface area contributed by atoms with E-state index >= 15 is 0 Å². The topological polar surface area (TPSA) is 13.1 Å². The minimum atomic E-state index is -4.07. The maximum atomic E-state index is 11.7. The number of aryl methyl sites for hydroxylation is 1. The van der Waals surface area contributed by atoms with Gasteiger partial charge in [0.15, 0.2) is 5.09 Å². The van der Waals surface area contributed by atoms with Crippen LogP contribution in [0.5, 0.6) is 0 Å². The maximum Gasteiger partial charge on any atom is 0.389 e. The van der Waals surface area contributed by atoms with Crippen LogP contribution < -0.4 is 0 Å². The smallest absolute Gasteiger partial charge is 0.389 e. The van der Waals surface area contributed by atoms with Crippen LogP contribution in [-0.4, -0.2) is 11.9 Å². The summed E-state index contributed by atoms with van der Waals surface area (Å²) >= 11 is 1.08. The molecule has 1 heterocycles. The average Bonchev–Trinajstić information content (AvgIpc) is 2.33. The Labute approximate surface area is 78.3 Å². The lowest BCUT2D eigenvalue weighted by atomic mass is 10.5. The summed E-state index contributed by atoms with van der Waals surface area (Å²) in [5.41, 5.74) is 0. The van der Waals surface area contributed by atoms with Gasteiger partial charge in [-0.15, -0.1) is 0 Å². The van der Waals surface area contributed by atoms with Crippen molar-refractivity contribution in [2.45, 2.75) is 24.6 Å². The van der Waals surface area contributed by atoms with Crippen molar-refractivity contribution in [2.75, 3.05) is 5.75 Å². The predicted octanol–water partition coefficient (Wildman–Crippen LogP) is 3.63. The van der Waals surface area contributed by atoms with Gasteiger partial charge in [-0.1, -0.05) is 11.8 Å². The molecule has 0 saturated heterocycles. The maximum absolute atomic E-state index is 11.7. The Balaban J connectivity index is 2.28. The summed E-state index contributed by atoms with van der Waals surface area (Å²) in [6, 6.07) is 3.41. The molecule has 0 atom stereocenters. The van der Waals surface area contributed by atoms with Crippen LogP contribution in [-0.2, 0) is 0 Å². The SMILES string of the molecule is Cc1ccc(SCCC(F)(F)F)o1. The molecule has 74 valence electrons. The summed E-state index contributed by atoms with van der Waals surface area (Å²) < 4.78 is 40.3. The first kappa shape index (κ1) is 10.5. The lowest BCUT2D eigenvalue weighted by Gasteiger charge is -2.03. The third-order valence-corrected chi connectivity index (χ3v) is 2.26. The molecule has 0 aliphatic carbocycles. The molecular formula is C8H9F3OS. The van der Waals surface area contributed by atoms with E-state index in [-0.39, 0.29) is 5.75 Å². The van der Waals surface area contributed by atoms with Crippen molar-refractivity contribution < 1.29 is 17.6 Å². The van der Waals surface area contributed by atoms with Crippen LogP contribution in [0.15, 0.2) is 21.6 Å². The van der Waals surface area contributed by atoms with Crippen LogP contribution in [0.3, 0.4) is 0 Å². The Morgan fingerprint density at radius 1 is 1.38 bits per heavy atom. The molecule has 5 heteroatoms. The van der Waals surface area contributed by atoms with Crippen molar-refractivity contribution in [1.82, 2.24) is 0 Å². The molecule has 1 aromatic heterocycles. The van der Waals surface area contributed by atoms with E-state index in [1.807, 2.05) is 0 Å². The Hall–Kier alpha value is -0.580. The summed E-state index contributed by atoms with van der Waals surface area (Å²) in [6.45, 7) is 1.76. The van der Waals surface area contributed by atoms with Crippen molar-refractivity contribution in [3.8, 4) is 0 Å². The third-order valence-electron chi connectivity index (χ3n) is 1.35. The number of thioether (sulfide) groups is 1. The van der Waals surface area contributed by atoms with Crippen molar-refractivity contribution in [3.63, 3.8) is 0 Å². The number of hydrogen-bond donors (Lipinski definition) is 0. The van der Waals surface area contributed by atoms with Crippen molar-refractivity contribution >= 4 is 11.8 Å². The van der Waals surface area contributed by atoms with Gasteiger partial charge >= 0.3 is 6.18 Å². The van der Waals surface area contributed by atoms with Gasteiger partial charge < -0.3 is 4.42 Å². The Kier molecular flexibility index (Phi) is 3.30. The van der Waals surface area contributed by atoms with Crippen LogP contribution in [0, 0.1) is 6.92 Å². The monoisotopic (exact) mass is 210 g/mol. The first-order chi connectivity index (χ1) is 5.97. The normalized spacial score (nSPS) is 12.0. The molecular weight excluding hydrogens is 201 g/mol. The summed E-state index contributed by atoms with van der Waals surface area (Å²) in [4.78, 5) is 0. The van der Waals surface area contributed by atoms with Crippen molar-refractivity contribution in [3.05, 3.63) is 17.9 Å². The second-order valence-corrected chi connectivity index (χ2v) is 3.68. The molecule has 0 saturated carbocycles. The van der Waals surface area contributed by atoms with Gasteiger partial charge in [-0.3, -0.25) is 0 Å². The molecule has 0 spiro atoms. The van der Waals surface area contributed by atoms with Gasteiger partial charge in [0.05, 0.1) is 6.42 Å². The van der Waals surface area contributed by atoms with E-state index in [1.54, 1.807) is 19.1 Å².